The number of urea groups is 1. The van der Waals surface area contributed by atoms with E-state index in [1.807, 2.05) is 6.92 Å². The summed E-state index contributed by atoms with van der Waals surface area (Å²) in [6, 6.07) is -0.958. The van der Waals surface area contributed by atoms with Gasteiger partial charge >= 0.3 is 12.0 Å². The molecule has 0 aromatic carbocycles. The van der Waals surface area contributed by atoms with Gasteiger partial charge in [-0.3, -0.25) is 0 Å². The van der Waals surface area contributed by atoms with E-state index >= 15 is 0 Å². The van der Waals surface area contributed by atoms with Crippen molar-refractivity contribution < 1.29 is 14.7 Å². The SMILES string of the molecule is Cc1cnc(CNC(=O)N2CC3CCCC3C2C(=O)O)s1. The molecule has 0 radical (unpaired) electrons. The van der Waals surface area contributed by atoms with Crippen LogP contribution >= 0.6 is 11.3 Å². The highest BCUT2D eigenvalue weighted by Gasteiger charge is 2.49. The summed E-state index contributed by atoms with van der Waals surface area (Å²) < 4.78 is 0. The number of aryl methyl sites for hydroxylation is 1. The summed E-state index contributed by atoms with van der Waals surface area (Å²) in [7, 11) is 0. The molecule has 1 saturated heterocycles. The normalized spacial score (nSPS) is 27.7. The van der Waals surface area contributed by atoms with Gasteiger partial charge in [0, 0.05) is 17.6 Å². The number of likely N-dealkylation sites (tertiary alicyclic amines) is 1. The van der Waals surface area contributed by atoms with Crippen LogP contribution < -0.4 is 5.32 Å². The summed E-state index contributed by atoms with van der Waals surface area (Å²) in [6.45, 7) is 2.88. The standard InChI is InChI=1S/C14H19N3O3S/c1-8-5-15-11(21-8)6-16-14(20)17-7-9-3-2-4-10(9)12(17)13(18)19/h5,9-10,12H,2-4,6-7H2,1H3,(H,16,20)(H,18,19). The van der Waals surface area contributed by atoms with Crippen molar-refractivity contribution in [3.05, 3.63) is 16.1 Å². The molecule has 3 atom stereocenters. The predicted octanol–water partition coefficient (Wildman–Crippen LogP) is 1.85. The molecule has 3 rings (SSSR count). The fourth-order valence-corrected chi connectivity index (χ4v) is 4.29. The minimum Gasteiger partial charge on any atom is -0.480 e. The lowest BCUT2D eigenvalue weighted by atomic mass is 9.94. The van der Waals surface area contributed by atoms with E-state index in [9.17, 15) is 14.7 Å². The van der Waals surface area contributed by atoms with Crippen LogP contribution in [0.4, 0.5) is 4.79 Å². The van der Waals surface area contributed by atoms with Crippen LogP contribution in [-0.2, 0) is 11.3 Å². The highest BCUT2D eigenvalue weighted by Crippen LogP contribution is 2.42. The molecule has 0 bridgehead atoms. The third-order valence-corrected chi connectivity index (χ3v) is 5.38. The van der Waals surface area contributed by atoms with Gasteiger partial charge < -0.3 is 15.3 Å². The first-order valence-corrected chi connectivity index (χ1v) is 8.06. The van der Waals surface area contributed by atoms with E-state index < -0.39 is 12.0 Å². The second-order valence-corrected chi connectivity index (χ2v) is 7.13. The molecule has 1 saturated carbocycles. The minimum atomic E-state index is -0.885. The number of carbonyl (C=O) groups is 2. The lowest BCUT2D eigenvalue weighted by Gasteiger charge is -2.24. The third kappa shape index (κ3) is 2.74. The average molecular weight is 309 g/mol. The zero-order valence-electron chi connectivity index (χ0n) is 11.9. The molecule has 21 heavy (non-hydrogen) atoms. The molecule has 1 aliphatic carbocycles. The van der Waals surface area contributed by atoms with Crippen LogP contribution in [0.15, 0.2) is 6.20 Å². The molecule has 3 unspecified atom stereocenters. The number of hydrogen-bond donors (Lipinski definition) is 2. The summed E-state index contributed by atoms with van der Waals surface area (Å²) in [4.78, 5) is 30.6. The maximum absolute atomic E-state index is 12.3. The van der Waals surface area contributed by atoms with Crippen LogP contribution in [0, 0.1) is 18.8 Å². The van der Waals surface area contributed by atoms with Gasteiger partial charge in [-0.05, 0) is 31.6 Å². The van der Waals surface area contributed by atoms with E-state index in [0.29, 0.717) is 19.0 Å². The number of aliphatic carboxylic acids is 1. The van der Waals surface area contributed by atoms with E-state index in [4.69, 9.17) is 0 Å². The van der Waals surface area contributed by atoms with E-state index in [2.05, 4.69) is 10.3 Å². The summed E-state index contributed by atoms with van der Waals surface area (Å²) in [6.07, 6.45) is 4.79. The fourth-order valence-electron chi connectivity index (χ4n) is 3.57. The molecule has 6 nitrogen and oxygen atoms in total. The lowest BCUT2D eigenvalue weighted by Crippen LogP contribution is -2.47. The Morgan fingerprint density at radius 2 is 2.33 bits per heavy atom. The third-order valence-electron chi connectivity index (χ3n) is 4.46. The molecule has 2 aliphatic rings. The first-order valence-electron chi connectivity index (χ1n) is 7.25. The largest absolute Gasteiger partial charge is 0.480 e. The van der Waals surface area contributed by atoms with Crippen LogP contribution in [0.3, 0.4) is 0 Å². The molecular formula is C14H19N3O3S. The number of hydrogen-bond acceptors (Lipinski definition) is 4. The molecular weight excluding hydrogens is 290 g/mol. The Morgan fingerprint density at radius 1 is 1.52 bits per heavy atom. The quantitative estimate of drug-likeness (QED) is 0.892. The molecule has 7 heteroatoms. The summed E-state index contributed by atoms with van der Waals surface area (Å²) >= 11 is 1.54. The first kappa shape index (κ1) is 14.3. The maximum atomic E-state index is 12.3. The first-order chi connectivity index (χ1) is 10.1. The van der Waals surface area contributed by atoms with Gasteiger partial charge in [-0.15, -0.1) is 11.3 Å². The number of thiazole rings is 1. The Balaban J connectivity index is 1.64. The van der Waals surface area contributed by atoms with Crippen LogP contribution in [0.5, 0.6) is 0 Å². The van der Waals surface area contributed by atoms with Crippen LogP contribution in [0.1, 0.15) is 29.1 Å². The highest BCUT2D eigenvalue weighted by molar-refractivity contribution is 7.11. The Morgan fingerprint density at radius 3 is 3.00 bits per heavy atom. The number of carboxylic acids is 1. The summed E-state index contributed by atoms with van der Waals surface area (Å²) in [5.41, 5.74) is 0. The fraction of sp³-hybridized carbons (Fsp3) is 0.643. The number of nitrogens with zero attached hydrogens (tertiary/aromatic N) is 2. The van der Waals surface area contributed by atoms with Gasteiger partial charge in [-0.2, -0.15) is 0 Å². The van der Waals surface area contributed by atoms with Gasteiger partial charge in [0.25, 0.3) is 0 Å². The van der Waals surface area contributed by atoms with Gasteiger partial charge in [0.1, 0.15) is 11.0 Å². The van der Waals surface area contributed by atoms with Crippen LogP contribution in [0.25, 0.3) is 0 Å². The smallest absolute Gasteiger partial charge is 0.326 e. The number of nitrogens with one attached hydrogen (secondary N) is 1. The molecule has 0 spiro atoms. The number of fused-ring (bicyclic) bond motifs is 1. The van der Waals surface area contributed by atoms with Crippen molar-refractivity contribution in [1.29, 1.82) is 0 Å². The Hall–Kier alpha value is -1.63. The van der Waals surface area contributed by atoms with Gasteiger partial charge in [0.05, 0.1) is 6.54 Å². The van der Waals surface area contributed by atoms with E-state index in [0.717, 1.165) is 29.1 Å². The Kier molecular flexibility index (Phi) is 3.84. The lowest BCUT2D eigenvalue weighted by molar-refractivity contribution is -0.142. The van der Waals surface area contributed by atoms with Crippen molar-refractivity contribution >= 4 is 23.3 Å². The molecule has 1 aromatic rings. The number of aromatic nitrogens is 1. The van der Waals surface area contributed by atoms with Crippen molar-refractivity contribution in [3.63, 3.8) is 0 Å². The van der Waals surface area contributed by atoms with Gasteiger partial charge in [0.15, 0.2) is 0 Å². The molecule has 2 fully saturated rings. The monoisotopic (exact) mass is 309 g/mol. The summed E-state index contributed by atoms with van der Waals surface area (Å²) in [5.74, 6) is -0.418. The average Bonchev–Trinajstić information content (AvgIpc) is 3.09. The van der Waals surface area contributed by atoms with E-state index in [1.165, 1.54) is 16.2 Å². The van der Waals surface area contributed by atoms with E-state index in [-0.39, 0.29) is 11.9 Å². The van der Waals surface area contributed by atoms with E-state index in [1.54, 1.807) is 6.20 Å². The van der Waals surface area contributed by atoms with Crippen molar-refractivity contribution in [2.75, 3.05) is 6.54 Å². The Labute approximate surface area is 127 Å². The van der Waals surface area contributed by atoms with Crippen LogP contribution in [-0.4, -0.2) is 39.6 Å². The van der Waals surface area contributed by atoms with Gasteiger partial charge in [0.2, 0.25) is 0 Å². The summed E-state index contributed by atoms with van der Waals surface area (Å²) in [5, 5.41) is 13.1. The zero-order chi connectivity index (χ0) is 15.0. The predicted molar refractivity (Wildman–Crippen MR) is 78.0 cm³/mol. The minimum absolute atomic E-state index is 0.121. The van der Waals surface area contributed by atoms with Crippen LogP contribution in [0.2, 0.25) is 0 Å². The molecule has 1 aromatic heterocycles. The Bertz CT molecular complexity index is 559. The second kappa shape index (κ2) is 5.63. The van der Waals surface area contributed by atoms with Gasteiger partial charge in [-0.1, -0.05) is 6.42 Å². The second-order valence-electron chi connectivity index (χ2n) is 5.81. The van der Waals surface area contributed by atoms with Crippen molar-refractivity contribution in [3.8, 4) is 0 Å². The molecule has 1 aliphatic heterocycles. The number of carboxylic acid groups (broad SMARTS) is 1. The molecule has 2 N–H and O–H groups in total. The highest BCUT2D eigenvalue weighted by atomic mass is 32.1. The molecule has 2 heterocycles. The molecule has 114 valence electrons. The maximum Gasteiger partial charge on any atom is 0.326 e. The van der Waals surface area contributed by atoms with Crippen molar-refractivity contribution in [2.45, 2.75) is 38.8 Å². The number of carbonyl (C=O) groups excluding carboxylic acids is 1. The zero-order valence-corrected chi connectivity index (χ0v) is 12.7. The number of rotatable bonds is 3. The van der Waals surface area contributed by atoms with Gasteiger partial charge in [-0.25, -0.2) is 14.6 Å². The number of amides is 2. The van der Waals surface area contributed by atoms with Crippen molar-refractivity contribution in [1.82, 2.24) is 15.2 Å². The van der Waals surface area contributed by atoms with Crippen molar-refractivity contribution in [2.24, 2.45) is 11.8 Å². The topological polar surface area (TPSA) is 82.5 Å². The molecule has 2 amide bonds.